The van der Waals surface area contributed by atoms with E-state index in [1.807, 2.05) is 11.3 Å². The zero-order valence-electron chi connectivity index (χ0n) is 11.6. The molecule has 3 rings (SSSR count). The fraction of sp³-hybridized carbons (Fsp3) is 0.733. The standard InChI is InChI=1S/C15H23NO2S/c1-2-17-13-10-15(18-12-13)5-7-16(8-6-15)11-14-4-3-9-19-14/h3-4,9,13H,2,5-8,10-12H2,1H3/t13-/m1/s1. The second-order valence-corrected chi connectivity index (χ2v) is 6.66. The van der Waals surface area contributed by atoms with Crippen molar-refractivity contribution >= 4 is 11.3 Å². The molecule has 0 aliphatic carbocycles. The normalized spacial score (nSPS) is 27.1. The maximum atomic E-state index is 6.08. The summed E-state index contributed by atoms with van der Waals surface area (Å²) in [5, 5.41) is 2.16. The largest absolute Gasteiger partial charge is 0.376 e. The van der Waals surface area contributed by atoms with Crippen LogP contribution in [0.25, 0.3) is 0 Å². The molecule has 2 saturated heterocycles. The van der Waals surface area contributed by atoms with E-state index in [4.69, 9.17) is 9.47 Å². The van der Waals surface area contributed by atoms with E-state index in [1.54, 1.807) is 0 Å². The number of thiophene rings is 1. The Morgan fingerprint density at radius 2 is 2.32 bits per heavy atom. The van der Waals surface area contributed by atoms with E-state index in [-0.39, 0.29) is 5.60 Å². The number of hydrogen-bond acceptors (Lipinski definition) is 4. The van der Waals surface area contributed by atoms with Gasteiger partial charge in [0.05, 0.1) is 18.3 Å². The topological polar surface area (TPSA) is 21.7 Å². The molecule has 0 amide bonds. The summed E-state index contributed by atoms with van der Waals surface area (Å²) >= 11 is 1.85. The molecule has 2 aliphatic rings. The maximum Gasteiger partial charge on any atom is 0.0836 e. The molecule has 0 N–H and O–H groups in total. The Hall–Kier alpha value is -0.420. The summed E-state index contributed by atoms with van der Waals surface area (Å²) in [6, 6.07) is 4.37. The third kappa shape index (κ3) is 3.19. The van der Waals surface area contributed by atoms with Crippen LogP contribution in [0, 0.1) is 0 Å². The molecule has 1 atom stereocenters. The molecule has 19 heavy (non-hydrogen) atoms. The van der Waals surface area contributed by atoms with Crippen molar-refractivity contribution in [3.63, 3.8) is 0 Å². The van der Waals surface area contributed by atoms with Crippen molar-refractivity contribution in [2.75, 3.05) is 26.3 Å². The lowest BCUT2D eigenvalue weighted by atomic mass is 9.88. The van der Waals surface area contributed by atoms with Crippen molar-refractivity contribution in [1.82, 2.24) is 4.90 Å². The Bertz CT molecular complexity index is 385. The van der Waals surface area contributed by atoms with Crippen LogP contribution in [0.3, 0.4) is 0 Å². The average Bonchev–Trinajstić information content (AvgIpc) is 3.04. The molecule has 3 nitrogen and oxygen atoms in total. The van der Waals surface area contributed by atoms with Gasteiger partial charge in [-0.25, -0.2) is 0 Å². The molecule has 0 radical (unpaired) electrons. The number of rotatable bonds is 4. The predicted octanol–water partition coefficient (Wildman–Crippen LogP) is 2.91. The minimum atomic E-state index is 0.117. The highest BCUT2D eigenvalue weighted by atomic mass is 32.1. The Labute approximate surface area is 119 Å². The first-order valence-corrected chi connectivity index (χ1v) is 8.18. The van der Waals surface area contributed by atoms with Gasteiger partial charge in [-0.1, -0.05) is 6.07 Å². The minimum Gasteiger partial charge on any atom is -0.376 e. The highest BCUT2D eigenvalue weighted by molar-refractivity contribution is 7.09. The number of hydrogen-bond donors (Lipinski definition) is 0. The Balaban J connectivity index is 1.49. The van der Waals surface area contributed by atoms with Crippen molar-refractivity contribution < 1.29 is 9.47 Å². The van der Waals surface area contributed by atoms with Crippen molar-refractivity contribution in [1.29, 1.82) is 0 Å². The van der Waals surface area contributed by atoms with Crippen molar-refractivity contribution in [2.45, 2.75) is 44.4 Å². The monoisotopic (exact) mass is 281 g/mol. The molecule has 106 valence electrons. The lowest BCUT2D eigenvalue weighted by Crippen LogP contribution is -2.43. The van der Waals surface area contributed by atoms with Gasteiger partial charge in [-0.15, -0.1) is 11.3 Å². The molecule has 2 fully saturated rings. The van der Waals surface area contributed by atoms with Gasteiger partial charge in [-0.05, 0) is 31.2 Å². The van der Waals surface area contributed by atoms with Gasteiger partial charge in [0.15, 0.2) is 0 Å². The Morgan fingerprint density at radius 1 is 1.47 bits per heavy atom. The maximum absolute atomic E-state index is 6.08. The van der Waals surface area contributed by atoms with E-state index < -0.39 is 0 Å². The fourth-order valence-corrected chi connectivity index (χ4v) is 3.98. The molecule has 0 unspecified atom stereocenters. The summed E-state index contributed by atoms with van der Waals surface area (Å²) in [4.78, 5) is 4.02. The van der Waals surface area contributed by atoms with Crippen LogP contribution in [0.15, 0.2) is 17.5 Å². The molecule has 0 saturated carbocycles. The van der Waals surface area contributed by atoms with E-state index in [9.17, 15) is 0 Å². The molecule has 0 aromatic carbocycles. The zero-order valence-corrected chi connectivity index (χ0v) is 12.5. The van der Waals surface area contributed by atoms with Gasteiger partial charge in [-0.2, -0.15) is 0 Å². The van der Waals surface area contributed by atoms with Crippen LogP contribution in [0.4, 0.5) is 0 Å². The van der Waals surface area contributed by atoms with E-state index >= 15 is 0 Å². The Kier molecular flexibility index (Phi) is 4.22. The summed E-state index contributed by atoms with van der Waals surface area (Å²) in [5.74, 6) is 0. The summed E-state index contributed by atoms with van der Waals surface area (Å²) < 4.78 is 11.8. The fourth-order valence-electron chi connectivity index (χ4n) is 3.24. The van der Waals surface area contributed by atoms with Crippen LogP contribution in [-0.2, 0) is 16.0 Å². The summed E-state index contributed by atoms with van der Waals surface area (Å²) in [6.45, 7) is 7.05. The third-order valence-electron chi connectivity index (χ3n) is 4.30. The number of likely N-dealkylation sites (tertiary alicyclic amines) is 1. The Morgan fingerprint density at radius 3 is 3.00 bits per heavy atom. The van der Waals surface area contributed by atoms with Crippen LogP contribution in [0.2, 0.25) is 0 Å². The molecule has 3 heterocycles. The van der Waals surface area contributed by atoms with Gasteiger partial charge < -0.3 is 9.47 Å². The van der Waals surface area contributed by atoms with Crippen LogP contribution in [0.5, 0.6) is 0 Å². The molecule has 1 aromatic heterocycles. The second kappa shape index (κ2) is 5.92. The van der Waals surface area contributed by atoms with Crippen LogP contribution in [-0.4, -0.2) is 42.9 Å². The summed E-state index contributed by atoms with van der Waals surface area (Å²) in [7, 11) is 0. The first kappa shape index (κ1) is 13.6. The predicted molar refractivity (Wildman–Crippen MR) is 77.5 cm³/mol. The van der Waals surface area contributed by atoms with E-state index in [0.717, 1.165) is 52.1 Å². The van der Waals surface area contributed by atoms with Gasteiger partial charge in [0.2, 0.25) is 0 Å². The van der Waals surface area contributed by atoms with Crippen molar-refractivity contribution in [3.8, 4) is 0 Å². The molecule has 1 spiro atoms. The zero-order chi connectivity index (χ0) is 13.1. The van der Waals surface area contributed by atoms with Crippen LogP contribution >= 0.6 is 11.3 Å². The minimum absolute atomic E-state index is 0.117. The van der Waals surface area contributed by atoms with Crippen molar-refractivity contribution in [3.05, 3.63) is 22.4 Å². The van der Waals surface area contributed by atoms with Crippen LogP contribution < -0.4 is 0 Å². The number of ether oxygens (including phenoxy) is 2. The molecule has 0 bridgehead atoms. The molecule has 4 heteroatoms. The van der Waals surface area contributed by atoms with E-state index in [2.05, 4.69) is 29.3 Å². The summed E-state index contributed by atoms with van der Waals surface area (Å²) in [6.07, 6.45) is 3.73. The first-order valence-electron chi connectivity index (χ1n) is 7.30. The van der Waals surface area contributed by atoms with Gasteiger partial charge in [0, 0.05) is 37.5 Å². The lowest BCUT2D eigenvalue weighted by molar-refractivity contribution is -0.0463. The first-order chi connectivity index (χ1) is 9.30. The third-order valence-corrected chi connectivity index (χ3v) is 5.17. The quantitative estimate of drug-likeness (QED) is 0.847. The van der Waals surface area contributed by atoms with Gasteiger partial charge >= 0.3 is 0 Å². The van der Waals surface area contributed by atoms with E-state index in [0.29, 0.717) is 6.10 Å². The summed E-state index contributed by atoms with van der Waals surface area (Å²) in [5.41, 5.74) is 0.117. The number of nitrogens with zero attached hydrogens (tertiary/aromatic N) is 1. The smallest absolute Gasteiger partial charge is 0.0836 e. The van der Waals surface area contributed by atoms with Gasteiger partial charge in [-0.3, -0.25) is 4.90 Å². The van der Waals surface area contributed by atoms with E-state index in [1.165, 1.54) is 4.88 Å². The molecular formula is C15H23NO2S. The molecular weight excluding hydrogens is 258 g/mol. The molecule has 1 aromatic rings. The lowest BCUT2D eigenvalue weighted by Gasteiger charge is -2.38. The second-order valence-electron chi connectivity index (χ2n) is 5.63. The van der Waals surface area contributed by atoms with Crippen LogP contribution in [0.1, 0.15) is 31.1 Å². The van der Waals surface area contributed by atoms with Gasteiger partial charge in [0.25, 0.3) is 0 Å². The van der Waals surface area contributed by atoms with Gasteiger partial charge in [0.1, 0.15) is 0 Å². The molecule has 2 aliphatic heterocycles. The number of piperidine rings is 1. The SMILES string of the molecule is CCO[C@H]1COC2(CCN(Cc3cccs3)CC2)C1. The van der Waals surface area contributed by atoms with Crippen molar-refractivity contribution in [2.24, 2.45) is 0 Å². The average molecular weight is 281 g/mol. The highest BCUT2D eigenvalue weighted by Crippen LogP contribution is 2.37. The highest BCUT2D eigenvalue weighted by Gasteiger charge is 2.42.